The van der Waals surface area contributed by atoms with Gasteiger partial charge in [-0.2, -0.15) is 5.26 Å². The summed E-state index contributed by atoms with van der Waals surface area (Å²) in [7, 11) is 0. The highest BCUT2D eigenvalue weighted by atomic mass is 32.2. The Morgan fingerprint density at radius 3 is 2.75 bits per heavy atom. The van der Waals surface area contributed by atoms with Crippen LogP contribution < -0.4 is 4.74 Å². The number of aryl methyl sites for hydroxylation is 1. The van der Waals surface area contributed by atoms with Gasteiger partial charge in [-0.1, -0.05) is 30.0 Å². The molecule has 0 fully saturated rings. The molecule has 0 radical (unpaired) electrons. The fraction of sp³-hybridized carbons (Fsp3) is 0.190. The summed E-state index contributed by atoms with van der Waals surface area (Å²) in [6.45, 7) is 2.23. The summed E-state index contributed by atoms with van der Waals surface area (Å²) in [6.07, 6.45) is -0.662. The number of fused-ring (bicyclic) bond motifs is 3. The minimum atomic E-state index is -0.662. The molecule has 7 heteroatoms. The second kappa shape index (κ2) is 7.89. The lowest BCUT2D eigenvalue weighted by atomic mass is 10.1. The lowest BCUT2D eigenvalue weighted by molar-refractivity contribution is 0.126. The highest BCUT2D eigenvalue weighted by Gasteiger charge is 2.14. The standard InChI is InChI=1S/C21H18N4O2S/c1-14-10-20-23-24-21(25(20)19-5-3-2-4-18(14)19)28-13-16(26)12-27-17-8-6-15(11-22)7-9-17/h2-10,16,26H,12-13H2,1H3. The van der Waals surface area contributed by atoms with E-state index in [1.54, 1.807) is 24.3 Å². The molecule has 0 spiro atoms. The first-order valence-electron chi connectivity index (χ1n) is 8.83. The molecule has 28 heavy (non-hydrogen) atoms. The number of rotatable bonds is 6. The van der Waals surface area contributed by atoms with Crippen molar-refractivity contribution in [3.63, 3.8) is 0 Å². The van der Waals surface area contributed by atoms with E-state index in [2.05, 4.69) is 29.3 Å². The van der Waals surface area contributed by atoms with Crippen molar-refractivity contribution in [3.8, 4) is 11.8 Å². The van der Waals surface area contributed by atoms with Crippen molar-refractivity contribution >= 4 is 28.3 Å². The minimum Gasteiger partial charge on any atom is -0.491 e. The van der Waals surface area contributed by atoms with Crippen molar-refractivity contribution in [1.82, 2.24) is 14.6 Å². The van der Waals surface area contributed by atoms with Crippen molar-refractivity contribution in [2.75, 3.05) is 12.4 Å². The first kappa shape index (κ1) is 18.3. The van der Waals surface area contributed by atoms with E-state index in [0.29, 0.717) is 17.1 Å². The Hall–Kier alpha value is -3.08. The average Bonchev–Trinajstić information content (AvgIpc) is 3.14. The molecule has 2 aromatic heterocycles. The highest BCUT2D eigenvalue weighted by molar-refractivity contribution is 7.99. The van der Waals surface area contributed by atoms with Gasteiger partial charge >= 0.3 is 0 Å². The molecule has 0 saturated carbocycles. The minimum absolute atomic E-state index is 0.162. The van der Waals surface area contributed by atoms with Gasteiger partial charge in [0.15, 0.2) is 10.8 Å². The molecule has 6 nitrogen and oxygen atoms in total. The molecule has 1 atom stereocenters. The molecule has 0 bridgehead atoms. The average molecular weight is 390 g/mol. The van der Waals surface area contributed by atoms with Gasteiger partial charge in [0.2, 0.25) is 0 Å². The van der Waals surface area contributed by atoms with Crippen molar-refractivity contribution < 1.29 is 9.84 Å². The smallest absolute Gasteiger partial charge is 0.196 e. The maximum Gasteiger partial charge on any atom is 0.196 e. The number of aromatic nitrogens is 3. The molecular weight excluding hydrogens is 372 g/mol. The van der Waals surface area contributed by atoms with E-state index in [4.69, 9.17) is 10.00 Å². The van der Waals surface area contributed by atoms with Gasteiger partial charge in [-0.25, -0.2) is 0 Å². The Morgan fingerprint density at radius 1 is 1.18 bits per heavy atom. The third-order valence-electron chi connectivity index (χ3n) is 4.40. The summed E-state index contributed by atoms with van der Waals surface area (Å²) in [5.41, 5.74) is 3.57. The van der Waals surface area contributed by atoms with Crippen LogP contribution in [0.1, 0.15) is 11.1 Å². The fourth-order valence-electron chi connectivity index (χ4n) is 3.01. The second-order valence-electron chi connectivity index (χ2n) is 6.43. The molecule has 0 aliphatic carbocycles. The van der Waals surface area contributed by atoms with Gasteiger partial charge in [0, 0.05) is 11.1 Å². The number of pyridine rings is 1. The normalized spacial score (nSPS) is 12.2. The second-order valence-corrected chi connectivity index (χ2v) is 7.42. The van der Waals surface area contributed by atoms with Gasteiger partial charge in [-0.05, 0) is 48.9 Å². The topological polar surface area (TPSA) is 83.4 Å². The Labute approximate surface area is 166 Å². The highest BCUT2D eigenvalue weighted by Crippen LogP contribution is 2.26. The Bertz CT molecular complexity index is 1160. The zero-order valence-electron chi connectivity index (χ0n) is 15.2. The molecule has 0 aliphatic rings. The van der Waals surface area contributed by atoms with E-state index < -0.39 is 6.10 Å². The maximum atomic E-state index is 10.3. The van der Waals surface area contributed by atoms with Crippen LogP contribution >= 0.6 is 11.8 Å². The first-order valence-corrected chi connectivity index (χ1v) is 9.81. The van der Waals surface area contributed by atoms with E-state index in [1.165, 1.54) is 11.8 Å². The molecular formula is C21H18N4O2S. The molecule has 0 aliphatic heterocycles. The van der Waals surface area contributed by atoms with E-state index in [0.717, 1.165) is 27.3 Å². The van der Waals surface area contributed by atoms with E-state index in [9.17, 15) is 5.11 Å². The molecule has 2 heterocycles. The van der Waals surface area contributed by atoms with Crippen molar-refractivity contribution in [3.05, 3.63) is 65.7 Å². The molecule has 1 N–H and O–H groups in total. The number of benzene rings is 2. The van der Waals surface area contributed by atoms with Gasteiger partial charge in [-0.15, -0.1) is 10.2 Å². The number of nitriles is 1. The first-order chi connectivity index (χ1) is 13.7. The largest absolute Gasteiger partial charge is 0.491 e. The van der Waals surface area contributed by atoms with Crippen LogP contribution in [0, 0.1) is 18.3 Å². The van der Waals surface area contributed by atoms with Crippen LogP contribution in [0.2, 0.25) is 0 Å². The van der Waals surface area contributed by atoms with Crippen molar-refractivity contribution in [1.29, 1.82) is 5.26 Å². The van der Waals surface area contributed by atoms with E-state index in [-0.39, 0.29) is 6.61 Å². The number of hydrogen-bond donors (Lipinski definition) is 1. The third kappa shape index (κ3) is 3.65. The van der Waals surface area contributed by atoms with Crippen LogP contribution in [-0.4, -0.2) is 38.2 Å². The summed E-state index contributed by atoms with van der Waals surface area (Å²) in [6, 6.07) is 19.0. The molecule has 0 saturated heterocycles. The molecule has 2 aromatic carbocycles. The quantitative estimate of drug-likeness (QED) is 0.507. The lowest BCUT2D eigenvalue weighted by Gasteiger charge is -2.12. The summed E-state index contributed by atoms with van der Waals surface area (Å²) in [5.74, 6) is 1.05. The third-order valence-corrected chi connectivity index (χ3v) is 5.48. The summed E-state index contributed by atoms with van der Waals surface area (Å²) < 4.78 is 7.61. The van der Waals surface area contributed by atoms with Gasteiger partial charge in [0.25, 0.3) is 0 Å². The zero-order chi connectivity index (χ0) is 19.5. The maximum absolute atomic E-state index is 10.3. The number of thioether (sulfide) groups is 1. The van der Waals surface area contributed by atoms with Crippen LogP contribution in [0.3, 0.4) is 0 Å². The zero-order valence-corrected chi connectivity index (χ0v) is 16.1. The summed E-state index contributed by atoms with van der Waals surface area (Å²) >= 11 is 1.44. The molecule has 4 rings (SSSR count). The van der Waals surface area contributed by atoms with Gasteiger partial charge in [-0.3, -0.25) is 4.40 Å². The molecule has 4 aromatic rings. The van der Waals surface area contributed by atoms with Gasteiger partial charge in [0.1, 0.15) is 12.4 Å². The van der Waals surface area contributed by atoms with Crippen LogP contribution in [0.4, 0.5) is 0 Å². The van der Waals surface area contributed by atoms with Gasteiger partial charge in [0.05, 0.1) is 23.3 Å². The SMILES string of the molecule is Cc1cc2nnc(SCC(O)COc3ccc(C#N)cc3)n2c2ccccc12. The van der Waals surface area contributed by atoms with Crippen LogP contribution in [0.5, 0.6) is 5.75 Å². The summed E-state index contributed by atoms with van der Waals surface area (Å²) in [5, 5.41) is 29.6. The van der Waals surface area contributed by atoms with E-state index >= 15 is 0 Å². The number of nitrogens with zero attached hydrogens (tertiary/aromatic N) is 4. The predicted octanol–water partition coefficient (Wildman–Crippen LogP) is 3.59. The fourth-order valence-corrected chi connectivity index (χ4v) is 3.86. The number of para-hydroxylation sites is 1. The Kier molecular flexibility index (Phi) is 5.15. The van der Waals surface area contributed by atoms with Crippen molar-refractivity contribution in [2.24, 2.45) is 0 Å². The number of ether oxygens (including phenoxy) is 1. The Balaban J connectivity index is 1.45. The van der Waals surface area contributed by atoms with Crippen LogP contribution in [0.25, 0.3) is 16.6 Å². The molecule has 0 amide bonds. The Morgan fingerprint density at radius 2 is 1.96 bits per heavy atom. The van der Waals surface area contributed by atoms with Crippen LogP contribution in [0.15, 0.2) is 59.8 Å². The number of hydrogen-bond acceptors (Lipinski definition) is 6. The molecule has 140 valence electrons. The molecule has 1 unspecified atom stereocenters. The number of aliphatic hydroxyl groups excluding tert-OH is 1. The summed E-state index contributed by atoms with van der Waals surface area (Å²) in [4.78, 5) is 0. The van der Waals surface area contributed by atoms with Crippen molar-refractivity contribution in [2.45, 2.75) is 18.2 Å². The monoisotopic (exact) mass is 390 g/mol. The van der Waals surface area contributed by atoms with E-state index in [1.807, 2.05) is 28.7 Å². The lowest BCUT2D eigenvalue weighted by Crippen LogP contribution is -2.20. The van der Waals surface area contributed by atoms with Gasteiger partial charge < -0.3 is 9.84 Å². The van der Waals surface area contributed by atoms with Crippen LogP contribution in [-0.2, 0) is 0 Å². The predicted molar refractivity (Wildman–Crippen MR) is 109 cm³/mol. The number of aliphatic hydroxyl groups is 1.